The maximum Gasteiger partial charge on any atom is 0.537 e. The number of carbonyl (C=O) groups excluding carboxylic acids is 3. The van der Waals surface area contributed by atoms with Crippen LogP contribution in [0.25, 0.3) is 11.1 Å². The van der Waals surface area contributed by atoms with Crippen LogP contribution in [0.4, 0.5) is 10.5 Å². The van der Waals surface area contributed by atoms with E-state index in [0.717, 1.165) is 52.9 Å². The van der Waals surface area contributed by atoms with E-state index in [2.05, 4.69) is 35.0 Å². The molecule has 2 amide bonds. The molecule has 3 N–H and O–H groups in total. The minimum atomic E-state index is -2.33. The summed E-state index contributed by atoms with van der Waals surface area (Å²) in [6, 6.07) is 23.2. The number of benzene rings is 3. The monoisotopic (exact) mass is 742 g/mol. The van der Waals surface area contributed by atoms with Crippen molar-refractivity contribution in [2.24, 2.45) is 11.3 Å². The number of fused-ring (bicyclic) bond motifs is 4. The van der Waals surface area contributed by atoms with E-state index in [0.29, 0.717) is 19.4 Å². The molecular weight excluding hydrogens is 693 g/mol. The quantitative estimate of drug-likeness (QED) is 0.0497. The molecule has 0 spiro atoms. The normalized spacial score (nSPS) is 20.5. The number of hydrogen-bond acceptors (Lipinski definition) is 9. The van der Waals surface area contributed by atoms with E-state index < -0.39 is 37.7 Å². The van der Waals surface area contributed by atoms with Gasteiger partial charge in [0.2, 0.25) is 5.91 Å². The van der Waals surface area contributed by atoms with Gasteiger partial charge in [-0.05, 0) is 73.8 Å². The number of esters is 1. The molecule has 1 heterocycles. The highest BCUT2D eigenvalue weighted by Crippen LogP contribution is 2.45. The van der Waals surface area contributed by atoms with Gasteiger partial charge in [0.05, 0.1) is 17.4 Å². The SMILES string of the molecule is CC(C)(C)C(=O)OCOC[P+](=O)OCC(C=C1CCCC1C(=O)NCCC1(C)CNc2ccccc21)NC(=O)OC1c2ccccc2-c2ccccc21. The number of rotatable bonds is 14. The van der Waals surface area contributed by atoms with Gasteiger partial charge in [-0.3, -0.25) is 14.3 Å². The van der Waals surface area contributed by atoms with Gasteiger partial charge < -0.3 is 25.4 Å². The molecule has 0 aromatic heterocycles. The molecule has 3 aromatic rings. The molecule has 3 aliphatic rings. The molecule has 0 bridgehead atoms. The van der Waals surface area contributed by atoms with Gasteiger partial charge in [-0.2, -0.15) is 0 Å². The molecule has 3 aromatic carbocycles. The zero-order chi connectivity index (χ0) is 37.6. The lowest BCUT2D eigenvalue weighted by molar-refractivity contribution is -0.164. The number of para-hydroxylation sites is 1. The first kappa shape index (κ1) is 38.2. The Kier molecular flexibility index (Phi) is 12.0. The van der Waals surface area contributed by atoms with Crippen LogP contribution < -0.4 is 16.0 Å². The first-order valence-corrected chi connectivity index (χ1v) is 19.6. The Labute approximate surface area is 312 Å². The average Bonchev–Trinajstić information content (AvgIpc) is 3.83. The Morgan fingerprint density at radius 1 is 1.00 bits per heavy atom. The predicted molar refractivity (Wildman–Crippen MR) is 202 cm³/mol. The van der Waals surface area contributed by atoms with Crippen LogP contribution in [0.1, 0.15) is 76.2 Å². The van der Waals surface area contributed by atoms with E-state index in [1.54, 1.807) is 20.8 Å². The van der Waals surface area contributed by atoms with E-state index in [-0.39, 0.29) is 37.0 Å². The van der Waals surface area contributed by atoms with Gasteiger partial charge in [-0.25, -0.2) is 4.79 Å². The van der Waals surface area contributed by atoms with E-state index in [1.807, 2.05) is 66.7 Å². The number of anilines is 1. The molecule has 1 fully saturated rings. The lowest BCUT2D eigenvalue weighted by Gasteiger charge is -2.25. The predicted octanol–water partition coefficient (Wildman–Crippen LogP) is 7.75. The Hall–Kier alpha value is -4.57. The van der Waals surface area contributed by atoms with Crippen LogP contribution in [-0.2, 0) is 38.3 Å². The van der Waals surface area contributed by atoms with Crippen LogP contribution in [0.15, 0.2) is 84.4 Å². The highest BCUT2D eigenvalue weighted by molar-refractivity contribution is 7.38. The standard InChI is InChI=1S/C41H48N3O8P/c1-40(2,3)38(46)50-25-49-26-53(48)51-23-28(44-39(47)52-36-32-15-7-5-13-30(32)31-14-6-8-16-33(31)36)22-27-12-11-17-29(27)37(45)42-21-20-41(4)24-43-35-19-10-9-18-34(35)41/h5-10,13-16,18-19,22,28-29,36,43H,11-12,17,20-21,23-26H2,1-4H3,(H-,42,44,45,47)/p+1. The molecular formula is C41H49N3O8P+. The van der Waals surface area contributed by atoms with Gasteiger partial charge in [0.25, 0.3) is 6.35 Å². The van der Waals surface area contributed by atoms with Crippen LogP contribution in [0, 0.1) is 11.3 Å². The van der Waals surface area contributed by atoms with Crippen molar-refractivity contribution in [3.8, 4) is 11.1 Å². The molecule has 1 aliphatic heterocycles. The summed E-state index contributed by atoms with van der Waals surface area (Å²) in [5.74, 6) is -0.858. The molecule has 2 aliphatic carbocycles. The number of nitrogens with one attached hydrogen (secondary N) is 3. The first-order chi connectivity index (χ1) is 25.4. The van der Waals surface area contributed by atoms with Crippen molar-refractivity contribution in [3.63, 3.8) is 0 Å². The summed E-state index contributed by atoms with van der Waals surface area (Å²) in [6.45, 7) is 8.21. The van der Waals surface area contributed by atoms with Gasteiger partial charge in [0, 0.05) is 35.3 Å². The minimum Gasteiger partial charge on any atom is -0.438 e. The van der Waals surface area contributed by atoms with Crippen LogP contribution >= 0.6 is 8.03 Å². The Morgan fingerprint density at radius 3 is 2.40 bits per heavy atom. The maximum atomic E-state index is 13.6. The summed E-state index contributed by atoms with van der Waals surface area (Å²) in [5.41, 5.74) is 6.30. The van der Waals surface area contributed by atoms with Crippen molar-refractivity contribution in [1.82, 2.24) is 10.6 Å². The fourth-order valence-corrected chi connectivity index (χ4v) is 7.89. The summed E-state index contributed by atoms with van der Waals surface area (Å²) in [4.78, 5) is 39.1. The largest absolute Gasteiger partial charge is 0.537 e. The molecule has 0 saturated heterocycles. The van der Waals surface area contributed by atoms with Crippen molar-refractivity contribution < 1.29 is 37.7 Å². The van der Waals surface area contributed by atoms with Gasteiger partial charge in [-0.1, -0.05) is 85.3 Å². The smallest absolute Gasteiger partial charge is 0.438 e. The topological polar surface area (TPSA) is 141 Å². The first-order valence-electron chi connectivity index (χ1n) is 18.2. The van der Waals surface area contributed by atoms with E-state index in [1.165, 1.54) is 5.56 Å². The summed E-state index contributed by atoms with van der Waals surface area (Å²) >= 11 is 0. The number of hydrogen-bond donors (Lipinski definition) is 3. The van der Waals surface area contributed by atoms with Crippen molar-refractivity contribution in [2.75, 3.05) is 38.2 Å². The third kappa shape index (κ3) is 9.15. The second kappa shape index (κ2) is 16.6. The zero-order valence-corrected chi connectivity index (χ0v) is 31.7. The fraction of sp³-hybridized carbons (Fsp3) is 0.439. The fourth-order valence-electron chi connectivity index (χ4n) is 7.27. The highest BCUT2D eigenvalue weighted by Gasteiger charge is 2.36. The minimum absolute atomic E-state index is 0.0534. The number of alkyl carbamates (subject to hydrolysis) is 1. The van der Waals surface area contributed by atoms with Gasteiger partial charge >= 0.3 is 20.1 Å². The highest BCUT2D eigenvalue weighted by atomic mass is 31.1. The van der Waals surface area contributed by atoms with Crippen LogP contribution in [0.2, 0.25) is 0 Å². The second-order valence-electron chi connectivity index (χ2n) is 15.2. The molecule has 53 heavy (non-hydrogen) atoms. The summed E-state index contributed by atoms with van der Waals surface area (Å²) in [6.07, 6.45) is 3.22. The molecule has 11 nitrogen and oxygen atoms in total. The van der Waals surface area contributed by atoms with Crippen LogP contribution in [-0.4, -0.2) is 56.8 Å². The lowest BCUT2D eigenvalue weighted by Crippen LogP contribution is -2.39. The van der Waals surface area contributed by atoms with E-state index >= 15 is 0 Å². The van der Waals surface area contributed by atoms with Crippen LogP contribution in [0.3, 0.4) is 0 Å². The van der Waals surface area contributed by atoms with Crippen molar-refractivity contribution in [3.05, 3.63) is 101 Å². The molecule has 0 radical (unpaired) electrons. The Balaban J connectivity index is 1.10. The van der Waals surface area contributed by atoms with Gasteiger partial charge in [0.1, 0.15) is 6.61 Å². The summed E-state index contributed by atoms with van der Waals surface area (Å²) < 4.78 is 34.8. The molecule has 12 heteroatoms. The van der Waals surface area contributed by atoms with E-state index in [4.69, 9.17) is 18.7 Å². The second-order valence-corrected chi connectivity index (χ2v) is 16.3. The third-order valence-corrected chi connectivity index (χ3v) is 11.0. The van der Waals surface area contributed by atoms with Crippen molar-refractivity contribution in [2.45, 2.75) is 70.9 Å². The van der Waals surface area contributed by atoms with Crippen LogP contribution in [0.5, 0.6) is 0 Å². The van der Waals surface area contributed by atoms with E-state index in [9.17, 15) is 18.9 Å². The molecule has 4 unspecified atom stereocenters. The Morgan fingerprint density at radius 2 is 1.68 bits per heavy atom. The Bertz CT molecular complexity index is 1830. The molecule has 1 saturated carbocycles. The number of ether oxygens (including phenoxy) is 3. The molecule has 4 atom stereocenters. The van der Waals surface area contributed by atoms with Crippen molar-refractivity contribution in [1.29, 1.82) is 0 Å². The number of amides is 2. The number of carbonyl (C=O) groups is 3. The van der Waals surface area contributed by atoms with Gasteiger partial charge in [0.15, 0.2) is 12.9 Å². The summed E-state index contributed by atoms with van der Waals surface area (Å²) in [7, 11) is -2.33. The zero-order valence-electron chi connectivity index (χ0n) is 30.8. The van der Waals surface area contributed by atoms with Crippen molar-refractivity contribution >= 4 is 31.7 Å². The third-order valence-electron chi connectivity index (χ3n) is 10.1. The molecule has 6 rings (SSSR count). The molecule has 280 valence electrons. The average molecular weight is 743 g/mol. The maximum absolute atomic E-state index is 13.6. The summed E-state index contributed by atoms with van der Waals surface area (Å²) in [5, 5.41) is 9.54. The lowest BCUT2D eigenvalue weighted by atomic mass is 9.81. The van der Waals surface area contributed by atoms with Gasteiger partial charge in [-0.15, -0.1) is 4.52 Å².